The highest BCUT2D eigenvalue weighted by Crippen LogP contribution is 2.33. The van der Waals surface area contributed by atoms with Crippen molar-refractivity contribution in [1.29, 1.82) is 0 Å². The summed E-state index contributed by atoms with van der Waals surface area (Å²) in [6, 6.07) is 12.0. The number of carbonyl (C=O) groups excluding carboxylic acids is 1. The molecule has 3 aromatic rings. The highest BCUT2D eigenvalue weighted by atomic mass is 16.5. The van der Waals surface area contributed by atoms with Crippen LogP contribution in [0.25, 0.3) is 11.3 Å². The molecule has 4 rings (SSSR count). The highest BCUT2D eigenvalue weighted by Gasteiger charge is 2.32. The number of hydrogen-bond acceptors (Lipinski definition) is 4. The number of rotatable bonds is 4. The SMILES string of the molecule is Cc1ccc(CN2C(=O)COCC2c2cnccc2-c2ccnn2C)cc1. The Morgan fingerprint density at radius 3 is 2.70 bits per heavy atom. The van der Waals surface area contributed by atoms with E-state index in [1.54, 1.807) is 12.4 Å². The van der Waals surface area contributed by atoms with Gasteiger partial charge in [-0.1, -0.05) is 29.8 Å². The fourth-order valence-corrected chi connectivity index (χ4v) is 3.49. The lowest BCUT2D eigenvalue weighted by Gasteiger charge is -2.36. The van der Waals surface area contributed by atoms with Gasteiger partial charge in [0.2, 0.25) is 5.91 Å². The first kappa shape index (κ1) is 17.4. The monoisotopic (exact) mass is 362 g/mol. The third-order valence-corrected chi connectivity index (χ3v) is 4.98. The van der Waals surface area contributed by atoms with Crippen molar-refractivity contribution in [3.05, 3.63) is 71.7 Å². The zero-order chi connectivity index (χ0) is 18.8. The number of morpholine rings is 1. The number of amides is 1. The molecule has 1 fully saturated rings. The quantitative estimate of drug-likeness (QED) is 0.716. The molecule has 0 radical (unpaired) electrons. The van der Waals surface area contributed by atoms with Crippen LogP contribution in [0, 0.1) is 6.92 Å². The molecule has 1 unspecified atom stereocenters. The van der Waals surface area contributed by atoms with Gasteiger partial charge in [0, 0.05) is 43.3 Å². The molecule has 1 amide bonds. The van der Waals surface area contributed by atoms with E-state index in [9.17, 15) is 4.79 Å². The predicted molar refractivity (Wildman–Crippen MR) is 102 cm³/mol. The van der Waals surface area contributed by atoms with E-state index in [1.165, 1.54) is 5.56 Å². The van der Waals surface area contributed by atoms with Gasteiger partial charge in [-0.3, -0.25) is 14.5 Å². The lowest BCUT2D eigenvalue weighted by Crippen LogP contribution is -2.43. The van der Waals surface area contributed by atoms with Gasteiger partial charge in [0.25, 0.3) is 0 Å². The molecule has 1 aliphatic heterocycles. The molecule has 0 spiro atoms. The van der Waals surface area contributed by atoms with Crippen LogP contribution in [0.2, 0.25) is 0 Å². The lowest BCUT2D eigenvalue weighted by atomic mass is 9.98. The summed E-state index contributed by atoms with van der Waals surface area (Å²) in [6.07, 6.45) is 5.37. The van der Waals surface area contributed by atoms with Crippen molar-refractivity contribution < 1.29 is 9.53 Å². The maximum atomic E-state index is 12.7. The van der Waals surface area contributed by atoms with Gasteiger partial charge in [-0.15, -0.1) is 0 Å². The number of aromatic nitrogens is 3. The Labute approximate surface area is 158 Å². The molecule has 0 aliphatic carbocycles. The fraction of sp³-hybridized carbons (Fsp3) is 0.286. The van der Waals surface area contributed by atoms with Gasteiger partial charge in [-0.25, -0.2) is 0 Å². The first-order chi connectivity index (χ1) is 13.1. The maximum Gasteiger partial charge on any atom is 0.249 e. The van der Waals surface area contributed by atoms with Crippen LogP contribution in [0.15, 0.2) is 55.0 Å². The van der Waals surface area contributed by atoms with Crippen LogP contribution in [-0.2, 0) is 23.1 Å². The van der Waals surface area contributed by atoms with Gasteiger partial charge in [-0.05, 0) is 24.6 Å². The summed E-state index contributed by atoms with van der Waals surface area (Å²) in [5.74, 6) is -0.00775. The Hall–Kier alpha value is -2.99. The second kappa shape index (κ2) is 7.32. The summed E-state index contributed by atoms with van der Waals surface area (Å²) in [5.41, 5.74) is 5.28. The Morgan fingerprint density at radius 1 is 1.15 bits per heavy atom. The minimum Gasteiger partial charge on any atom is -0.369 e. The third-order valence-electron chi connectivity index (χ3n) is 4.98. The minimum atomic E-state index is -0.189. The molecular formula is C21H22N4O2. The summed E-state index contributed by atoms with van der Waals surface area (Å²) < 4.78 is 7.43. The van der Waals surface area contributed by atoms with E-state index < -0.39 is 0 Å². The molecule has 2 aromatic heterocycles. The van der Waals surface area contributed by atoms with Crippen molar-refractivity contribution in [2.24, 2.45) is 7.05 Å². The second-order valence-corrected chi connectivity index (χ2v) is 6.84. The van der Waals surface area contributed by atoms with E-state index in [2.05, 4.69) is 41.3 Å². The van der Waals surface area contributed by atoms with Crippen molar-refractivity contribution in [3.8, 4) is 11.3 Å². The van der Waals surface area contributed by atoms with E-state index in [0.717, 1.165) is 22.4 Å². The third kappa shape index (κ3) is 3.48. The molecule has 6 nitrogen and oxygen atoms in total. The van der Waals surface area contributed by atoms with Gasteiger partial charge in [0.15, 0.2) is 0 Å². The predicted octanol–water partition coefficient (Wildman–Crippen LogP) is 2.89. The molecule has 27 heavy (non-hydrogen) atoms. The lowest BCUT2D eigenvalue weighted by molar-refractivity contribution is -0.149. The Morgan fingerprint density at radius 2 is 1.96 bits per heavy atom. The number of hydrogen-bond donors (Lipinski definition) is 0. The average molecular weight is 362 g/mol. The molecule has 0 bridgehead atoms. The van der Waals surface area contributed by atoms with Crippen LogP contribution in [-0.4, -0.2) is 38.8 Å². The zero-order valence-corrected chi connectivity index (χ0v) is 15.5. The van der Waals surface area contributed by atoms with Gasteiger partial charge in [0.05, 0.1) is 18.3 Å². The first-order valence-corrected chi connectivity index (χ1v) is 8.98. The van der Waals surface area contributed by atoms with Crippen LogP contribution < -0.4 is 0 Å². The average Bonchev–Trinajstić information content (AvgIpc) is 3.11. The molecule has 1 aromatic carbocycles. The highest BCUT2D eigenvalue weighted by molar-refractivity contribution is 5.79. The van der Waals surface area contributed by atoms with E-state index in [0.29, 0.717) is 13.2 Å². The molecule has 3 heterocycles. The summed E-state index contributed by atoms with van der Waals surface area (Å²) in [7, 11) is 1.91. The van der Waals surface area contributed by atoms with Crippen LogP contribution in [0.4, 0.5) is 0 Å². The standard InChI is InChI=1S/C21H22N4O2/c1-15-3-5-16(6-4-15)12-25-20(13-27-14-21(25)26)18-11-22-9-7-17(18)19-8-10-23-24(19)2/h3-11,20H,12-14H2,1-2H3. The Bertz CT molecular complexity index is 949. The van der Waals surface area contributed by atoms with Crippen molar-refractivity contribution in [2.75, 3.05) is 13.2 Å². The zero-order valence-electron chi connectivity index (χ0n) is 15.5. The van der Waals surface area contributed by atoms with Crippen molar-refractivity contribution in [1.82, 2.24) is 19.7 Å². The summed E-state index contributed by atoms with van der Waals surface area (Å²) in [6.45, 7) is 3.17. The number of ether oxygens (including phenoxy) is 1. The summed E-state index contributed by atoms with van der Waals surface area (Å²) >= 11 is 0. The number of pyridine rings is 1. The number of carbonyl (C=O) groups is 1. The Kier molecular flexibility index (Phi) is 4.73. The summed E-state index contributed by atoms with van der Waals surface area (Å²) in [5, 5.41) is 4.27. The van der Waals surface area contributed by atoms with Crippen molar-refractivity contribution in [2.45, 2.75) is 19.5 Å². The molecule has 0 saturated carbocycles. The molecule has 0 N–H and O–H groups in total. The second-order valence-electron chi connectivity index (χ2n) is 6.84. The molecule has 1 saturated heterocycles. The number of benzene rings is 1. The van der Waals surface area contributed by atoms with Crippen molar-refractivity contribution in [3.63, 3.8) is 0 Å². The number of aryl methyl sites for hydroxylation is 2. The topological polar surface area (TPSA) is 60.3 Å². The van der Waals surface area contributed by atoms with Crippen LogP contribution in [0.5, 0.6) is 0 Å². The molecule has 1 atom stereocenters. The molecular weight excluding hydrogens is 340 g/mol. The summed E-state index contributed by atoms with van der Waals surface area (Å²) in [4.78, 5) is 18.9. The van der Waals surface area contributed by atoms with Gasteiger partial charge < -0.3 is 9.64 Å². The van der Waals surface area contributed by atoms with Crippen LogP contribution in [0.1, 0.15) is 22.7 Å². The maximum absolute atomic E-state index is 12.7. The molecule has 6 heteroatoms. The molecule has 1 aliphatic rings. The van der Waals surface area contributed by atoms with Crippen molar-refractivity contribution >= 4 is 5.91 Å². The Balaban J connectivity index is 1.72. The van der Waals surface area contributed by atoms with Gasteiger partial charge in [0.1, 0.15) is 6.61 Å². The van der Waals surface area contributed by atoms with Gasteiger partial charge in [-0.2, -0.15) is 5.10 Å². The van der Waals surface area contributed by atoms with E-state index >= 15 is 0 Å². The number of nitrogens with zero attached hydrogens (tertiary/aromatic N) is 4. The minimum absolute atomic E-state index is 0.00775. The van der Waals surface area contributed by atoms with Crippen LogP contribution in [0.3, 0.4) is 0 Å². The van der Waals surface area contributed by atoms with E-state index in [1.807, 2.05) is 35.0 Å². The first-order valence-electron chi connectivity index (χ1n) is 8.98. The largest absolute Gasteiger partial charge is 0.369 e. The van der Waals surface area contributed by atoms with Crippen LogP contribution >= 0.6 is 0 Å². The smallest absolute Gasteiger partial charge is 0.249 e. The normalized spacial score (nSPS) is 17.3. The van der Waals surface area contributed by atoms with E-state index in [-0.39, 0.29) is 18.6 Å². The molecule has 138 valence electrons. The van der Waals surface area contributed by atoms with E-state index in [4.69, 9.17) is 4.74 Å². The van der Waals surface area contributed by atoms with Gasteiger partial charge >= 0.3 is 0 Å². The fourth-order valence-electron chi connectivity index (χ4n) is 3.49.